The molecule has 0 unspecified atom stereocenters. The van der Waals surface area contributed by atoms with Gasteiger partial charge in [0.15, 0.2) is 6.29 Å². The lowest BCUT2D eigenvalue weighted by molar-refractivity contribution is -0.161. The molecule has 1 aliphatic rings. The number of ether oxygens (including phenoxy) is 2. The Bertz CT molecular complexity index is 260. The maximum Gasteiger partial charge on any atom is 0.157 e. The summed E-state index contributed by atoms with van der Waals surface area (Å²) in [5.41, 5.74) is 1.51. The molecule has 0 saturated carbocycles. The Hall–Kier alpha value is -0.123. The van der Waals surface area contributed by atoms with Crippen molar-refractivity contribution in [3.8, 4) is 0 Å². The van der Waals surface area contributed by atoms with Gasteiger partial charge in [-0.1, -0.05) is 30.4 Å². The second-order valence-electron chi connectivity index (χ2n) is 6.07. The molecule has 0 radical (unpaired) electrons. The van der Waals surface area contributed by atoms with Crippen molar-refractivity contribution >= 4 is 8.07 Å². The van der Waals surface area contributed by atoms with E-state index in [0.29, 0.717) is 0 Å². The van der Waals surface area contributed by atoms with Crippen LogP contribution < -0.4 is 0 Å². The lowest BCUT2D eigenvalue weighted by atomic mass is 10.2. The highest BCUT2D eigenvalue weighted by Gasteiger charge is 2.18. The quantitative estimate of drug-likeness (QED) is 0.689. The first-order chi connectivity index (χ1) is 7.91. The molecule has 1 heterocycles. The summed E-state index contributed by atoms with van der Waals surface area (Å²) in [5.74, 6) is 0. The van der Waals surface area contributed by atoms with E-state index in [4.69, 9.17) is 9.47 Å². The number of hydrogen-bond donors (Lipinski definition) is 0. The van der Waals surface area contributed by atoms with E-state index in [-0.39, 0.29) is 6.29 Å². The summed E-state index contributed by atoms with van der Waals surface area (Å²) >= 11 is 0. The first-order valence-corrected chi connectivity index (χ1v) is 10.3. The van der Waals surface area contributed by atoms with E-state index >= 15 is 0 Å². The first-order valence-electron chi connectivity index (χ1n) is 6.81. The summed E-state index contributed by atoms with van der Waals surface area (Å²) in [7, 11) is -1.12. The molecule has 1 saturated heterocycles. The van der Waals surface area contributed by atoms with Crippen LogP contribution in [0.3, 0.4) is 0 Å². The highest BCUT2D eigenvalue weighted by molar-refractivity contribution is 6.83. The third kappa shape index (κ3) is 5.36. The summed E-state index contributed by atoms with van der Waals surface area (Å²) in [4.78, 5) is 0. The molecule has 100 valence electrons. The van der Waals surface area contributed by atoms with Gasteiger partial charge in [0.2, 0.25) is 0 Å². The van der Waals surface area contributed by atoms with Crippen LogP contribution in [0.25, 0.3) is 0 Å². The zero-order valence-electron chi connectivity index (χ0n) is 12.1. The molecule has 1 aliphatic heterocycles. The van der Waals surface area contributed by atoms with Crippen molar-refractivity contribution in [2.45, 2.75) is 65.5 Å². The van der Waals surface area contributed by atoms with Gasteiger partial charge in [-0.05, 0) is 39.5 Å². The van der Waals surface area contributed by atoms with Crippen LogP contribution in [0, 0.1) is 0 Å². The predicted molar refractivity (Wildman–Crippen MR) is 75.9 cm³/mol. The molecule has 0 spiro atoms. The lowest BCUT2D eigenvalue weighted by Crippen LogP contribution is -2.25. The standard InChI is InChI=1S/C14H28O2Si/c1-12(13(2)17(3,4)5)9-11-16-14-8-6-7-10-15-14/h14H,6-11H2,1-5H3/b13-12-/t14-/m1/s1. The van der Waals surface area contributed by atoms with E-state index in [0.717, 1.165) is 26.1 Å². The van der Waals surface area contributed by atoms with Gasteiger partial charge >= 0.3 is 0 Å². The Morgan fingerprint density at radius 2 is 1.94 bits per heavy atom. The van der Waals surface area contributed by atoms with E-state index in [2.05, 4.69) is 33.5 Å². The van der Waals surface area contributed by atoms with Gasteiger partial charge in [0.05, 0.1) is 14.7 Å². The Kier molecular flexibility index (Phi) is 5.90. The Morgan fingerprint density at radius 1 is 1.24 bits per heavy atom. The molecule has 17 heavy (non-hydrogen) atoms. The van der Waals surface area contributed by atoms with Crippen molar-refractivity contribution in [2.24, 2.45) is 0 Å². The molecule has 3 heteroatoms. The van der Waals surface area contributed by atoms with Gasteiger partial charge in [0, 0.05) is 6.61 Å². The first kappa shape index (κ1) is 14.9. The van der Waals surface area contributed by atoms with Gasteiger partial charge in [0.25, 0.3) is 0 Å². The van der Waals surface area contributed by atoms with E-state index in [1.54, 1.807) is 5.20 Å². The van der Waals surface area contributed by atoms with Crippen LogP contribution in [0.1, 0.15) is 39.5 Å². The monoisotopic (exact) mass is 256 g/mol. The molecule has 1 rings (SSSR count). The molecule has 0 aromatic heterocycles. The topological polar surface area (TPSA) is 18.5 Å². The highest BCUT2D eigenvalue weighted by Crippen LogP contribution is 2.20. The average molecular weight is 256 g/mol. The Morgan fingerprint density at radius 3 is 2.47 bits per heavy atom. The second kappa shape index (κ2) is 6.71. The van der Waals surface area contributed by atoms with Crippen LogP contribution in [0.4, 0.5) is 0 Å². The lowest BCUT2D eigenvalue weighted by Gasteiger charge is -2.24. The minimum absolute atomic E-state index is 0.0590. The molecule has 2 nitrogen and oxygen atoms in total. The summed E-state index contributed by atoms with van der Waals surface area (Å²) in [6, 6.07) is 0. The third-order valence-corrected chi connectivity index (χ3v) is 6.36. The van der Waals surface area contributed by atoms with Crippen molar-refractivity contribution in [2.75, 3.05) is 13.2 Å². The third-order valence-electron chi connectivity index (χ3n) is 3.68. The number of allylic oxidation sites excluding steroid dienone is 1. The van der Waals surface area contributed by atoms with Gasteiger partial charge in [-0.25, -0.2) is 0 Å². The van der Waals surface area contributed by atoms with Gasteiger partial charge in [0.1, 0.15) is 0 Å². The summed E-state index contributed by atoms with van der Waals surface area (Å²) in [6.45, 7) is 13.4. The predicted octanol–water partition coefficient (Wildman–Crippen LogP) is 4.13. The second-order valence-corrected chi connectivity index (χ2v) is 11.3. The van der Waals surface area contributed by atoms with E-state index in [1.165, 1.54) is 18.4 Å². The van der Waals surface area contributed by atoms with Crippen molar-refractivity contribution < 1.29 is 9.47 Å². The van der Waals surface area contributed by atoms with Crippen molar-refractivity contribution in [3.63, 3.8) is 0 Å². The average Bonchev–Trinajstić information content (AvgIpc) is 2.28. The summed E-state index contributed by atoms with van der Waals surface area (Å²) in [6.07, 6.45) is 4.61. The highest BCUT2D eigenvalue weighted by atomic mass is 28.3. The molecule has 1 fully saturated rings. The van der Waals surface area contributed by atoms with Gasteiger partial charge in [-0.15, -0.1) is 0 Å². The van der Waals surface area contributed by atoms with Crippen LogP contribution in [0.2, 0.25) is 19.6 Å². The molecule has 0 aliphatic carbocycles. The fraction of sp³-hybridized carbons (Fsp3) is 0.857. The maximum atomic E-state index is 5.78. The Labute approximate surface area is 107 Å². The fourth-order valence-electron chi connectivity index (χ4n) is 2.01. The zero-order chi connectivity index (χ0) is 12.9. The number of rotatable bonds is 5. The molecule has 0 amide bonds. The normalized spacial score (nSPS) is 23.5. The van der Waals surface area contributed by atoms with Crippen LogP contribution >= 0.6 is 0 Å². The molecule has 0 N–H and O–H groups in total. The maximum absolute atomic E-state index is 5.78. The largest absolute Gasteiger partial charge is 0.353 e. The van der Waals surface area contributed by atoms with Gasteiger partial charge in [-0.2, -0.15) is 0 Å². The molecular formula is C14H28O2Si. The molecule has 0 bridgehead atoms. The minimum atomic E-state index is -1.12. The molecule has 1 atom stereocenters. The Balaban J connectivity index is 2.30. The minimum Gasteiger partial charge on any atom is -0.353 e. The summed E-state index contributed by atoms with van der Waals surface area (Å²) < 4.78 is 11.3. The van der Waals surface area contributed by atoms with Gasteiger partial charge in [-0.3, -0.25) is 0 Å². The molecule has 0 aromatic rings. The zero-order valence-corrected chi connectivity index (χ0v) is 13.1. The van der Waals surface area contributed by atoms with E-state index < -0.39 is 8.07 Å². The fourth-order valence-corrected chi connectivity index (χ4v) is 3.42. The van der Waals surface area contributed by atoms with Crippen molar-refractivity contribution in [1.82, 2.24) is 0 Å². The number of hydrogen-bond acceptors (Lipinski definition) is 2. The van der Waals surface area contributed by atoms with E-state index in [1.807, 2.05) is 0 Å². The molecular weight excluding hydrogens is 228 g/mol. The smallest absolute Gasteiger partial charge is 0.157 e. The van der Waals surface area contributed by atoms with Crippen LogP contribution in [0.5, 0.6) is 0 Å². The SMILES string of the molecule is C/C(CCO[C@@H]1CCCCO1)=C(\C)[Si](C)(C)C. The van der Waals surface area contributed by atoms with Crippen LogP contribution in [-0.2, 0) is 9.47 Å². The van der Waals surface area contributed by atoms with Gasteiger partial charge < -0.3 is 9.47 Å². The van der Waals surface area contributed by atoms with Crippen molar-refractivity contribution in [3.05, 3.63) is 10.8 Å². The molecule has 0 aromatic carbocycles. The van der Waals surface area contributed by atoms with Crippen LogP contribution in [0.15, 0.2) is 10.8 Å². The summed E-state index contributed by atoms with van der Waals surface area (Å²) in [5, 5.41) is 1.62. The van der Waals surface area contributed by atoms with E-state index in [9.17, 15) is 0 Å². The van der Waals surface area contributed by atoms with Crippen LogP contribution in [-0.4, -0.2) is 27.6 Å². The van der Waals surface area contributed by atoms with Crippen molar-refractivity contribution in [1.29, 1.82) is 0 Å².